The lowest BCUT2D eigenvalue weighted by Crippen LogP contribution is -2.49. The summed E-state index contributed by atoms with van der Waals surface area (Å²) in [7, 11) is 0. The fraction of sp³-hybridized carbons (Fsp3) is 1.00. The van der Waals surface area contributed by atoms with Gasteiger partial charge in [0.15, 0.2) is 0 Å². The molecule has 1 atom stereocenters. The van der Waals surface area contributed by atoms with Gasteiger partial charge in [0.2, 0.25) is 0 Å². The molecule has 0 aromatic carbocycles. The van der Waals surface area contributed by atoms with Crippen LogP contribution in [0.5, 0.6) is 0 Å². The first-order valence-corrected chi connectivity index (χ1v) is 7.96. The number of nitrogens with zero attached hydrogens (tertiary/aromatic N) is 2. The van der Waals surface area contributed by atoms with Gasteiger partial charge in [-0.15, -0.1) is 0 Å². The monoisotopic (exact) mass is 269 g/mol. The fourth-order valence-corrected chi connectivity index (χ4v) is 2.66. The highest BCUT2D eigenvalue weighted by Crippen LogP contribution is 2.08. The van der Waals surface area contributed by atoms with E-state index in [1.54, 1.807) is 0 Å². The summed E-state index contributed by atoms with van der Waals surface area (Å²) >= 11 is 0. The SMILES string of the molecule is CC(C)CN1CCN(CC(C)CNC(C)(C)C)CC1. The van der Waals surface area contributed by atoms with Crippen LogP contribution in [0.3, 0.4) is 0 Å². The van der Waals surface area contributed by atoms with Gasteiger partial charge in [-0.2, -0.15) is 0 Å². The van der Waals surface area contributed by atoms with Crippen molar-refractivity contribution in [3.8, 4) is 0 Å². The van der Waals surface area contributed by atoms with E-state index in [0.29, 0.717) is 0 Å². The molecule has 0 aromatic heterocycles. The van der Waals surface area contributed by atoms with E-state index in [1.165, 1.54) is 39.3 Å². The molecule has 1 saturated heterocycles. The van der Waals surface area contributed by atoms with E-state index in [0.717, 1.165) is 18.4 Å². The zero-order chi connectivity index (χ0) is 14.5. The molecule has 1 aliphatic heterocycles. The molecule has 1 aliphatic rings. The third-order valence-corrected chi connectivity index (χ3v) is 3.64. The lowest BCUT2D eigenvalue weighted by Gasteiger charge is -2.37. The van der Waals surface area contributed by atoms with Crippen molar-refractivity contribution in [3.05, 3.63) is 0 Å². The Morgan fingerprint density at radius 2 is 1.37 bits per heavy atom. The predicted octanol–water partition coefficient (Wildman–Crippen LogP) is 2.28. The normalized spacial score (nSPS) is 21.0. The van der Waals surface area contributed by atoms with E-state index in [-0.39, 0.29) is 5.54 Å². The average molecular weight is 269 g/mol. The summed E-state index contributed by atoms with van der Waals surface area (Å²) in [5.74, 6) is 1.53. The minimum absolute atomic E-state index is 0.240. The Hall–Kier alpha value is -0.120. The van der Waals surface area contributed by atoms with Crippen LogP contribution in [0, 0.1) is 11.8 Å². The molecular formula is C16H35N3. The molecule has 0 amide bonds. The average Bonchev–Trinajstić information content (AvgIpc) is 2.28. The molecule has 0 saturated carbocycles. The first-order chi connectivity index (χ1) is 8.76. The van der Waals surface area contributed by atoms with E-state index < -0.39 is 0 Å². The number of nitrogens with one attached hydrogen (secondary N) is 1. The molecule has 1 N–H and O–H groups in total. The van der Waals surface area contributed by atoms with Gasteiger partial charge in [0.25, 0.3) is 0 Å². The molecule has 1 unspecified atom stereocenters. The van der Waals surface area contributed by atoms with E-state index in [2.05, 4.69) is 56.7 Å². The maximum absolute atomic E-state index is 3.61. The van der Waals surface area contributed by atoms with Crippen molar-refractivity contribution in [2.24, 2.45) is 11.8 Å². The van der Waals surface area contributed by atoms with E-state index in [9.17, 15) is 0 Å². The minimum Gasteiger partial charge on any atom is -0.312 e. The smallest absolute Gasteiger partial charge is 0.0110 e. The van der Waals surface area contributed by atoms with Crippen LogP contribution in [0.1, 0.15) is 41.5 Å². The molecule has 0 spiro atoms. The standard InChI is InChI=1S/C16H35N3/c1-14(2)12-18-7-9-19(10-8-18)13-15(3)11-17-16(4,5)6/h14-15,17H,7-13H2,1-6H3. The third-order valence-electron chi connectivity index (χ3n) is 3.64. The van der Waals surface area contributed by atoms with Crippen molar-refractivity contribution in [2.75, 3.05) is 45.8 Å². The second kappa shape index (κ2) is 7.61. The number of rotatable bonds is 6. The molecule has 1 fully saturated rings. The van der Waals surface area contributed by atoms with Crippen LogP contribution in [-0.2, 0) is 0 Å². The zero-order valence-corrected chi connectivity index (χ0v) is 14.0. The second-order valence-corrected chi connectivity index (χ2v) is 7.73. The van der Waals surface area contributed by atoms with Gasteiger partial charge < -0.3 is 15.1 Å². The zero-order valence-electron chi connectivity index (χ0n) is 14.0. The number of piperazine rings is 1. The Kier molecular flexibility index (Phi) is 6.78. The molecule has 1 rings (SSSR count). The Morgan fingerprint density at radius 3 is 1.79 bits per heavy atom. The summed E-state index contributed by atoms with van der Waals surface area (Å²) in [5.41, 5.74) is 0.240. The lowest BCUT2D eigenvalue weighted by molar-refractivity contribution is 0.110. The Bertz CT molecular complexity index is 237. The number of hydrogen-bond donors (Lipinski definition) is 1. The van der Waals surface area contributed by atoms with Crippen LogP contribution in [0.2, 0.25) is 0 Å². The second-order valence-electron chi connectivity index (χ2n) is 7.73. The highest BCUT2D eigenvalue weighted by atomic mass is 15.3. The summed E-state index contributed by atoms with van der Waals surface area (Å²) < 4.78 is 0. The molecule has 3 heteroatoms. The molecule has 1 heterocycles. The molecule has 19 heavy (non-hydrogen) atoms. The first kappa shape index (κ1) is 16.9. The van der Waals surface area contributed by atoms with Gasteiger partial charge in [0.05, 0.1) is 0 Å². The van der Waals surface area contributed by atoms with E-state index in [1.807, 2.05) is 0 Å². The van der Waals surface area contributed by atoms with Crippen molar-refractivity contribution >= 4 is 0 Å². The number of hydrogen-bond acceptors (Lipinski definition) is 3. The molecule has 0 bridgehead atoms. The van der Waals surface area contributed by atoms with Gasteiger partial charge in [0.1, 0.15) is 0 Å². The molecule has 0 aromatic rings. The summed E-state index contributed by atoms with van der Waals surface area (Å²) in [6, 6.07) is 0. The first-order valence-electron chi connectivity index (χ1n) is 7.96. The van der Waals surface area contributed by atoms with Gasteiger partial charge in [-0.25, -0.2) is 0 Å². The quantitative estimate of drug-likeness (QED) is 0.798. The maximum atomic E-state index is 3.61. The fourth-order valence-electron chi connectivity index (χ4n) is 2.66. The van der Waals surface area contributed by atoms with Crippen LogP contribution in [-0.4, -0.2) is 61.2 Å². The summed E-state index contributed by atoms with van der Waals surface area (Å²) in [5, 5.41) is 3.61. The summed E-state index contributed by atoms with van der Waals surface area (Å²) in [6.45, 7) is 22.3. The van der Waals surface area contributed by atoms with Crippen molar-refractivity contribution in [1.82, 2.24) is 15.1 Å². The maximum Gasteiger partial charge on any atom is 0.0110 e. The van der Waals surface area contributed by atoms with E-state index >= 15 is 0 Å². The third kappa shape index (κ3) is 7.91. The van der Waals surface area contributed by atoms with Crippen LogP contribution in [0.15, 0.2) is 0 Å². The van der Waals surface area contributed by atoms with Crippen LogP contribution < -0.4 is 5.32 Å². The van der Waals surface area contributed by atoms with Gasteiger partial charge in [-0.3, -0.25) is 0 Å². The van der Waals surface area contributed by atoms with Crippen molar-refractivity contribution in [1.29, 1.82) is 0 Å². The molecule has 0 aliphatic carbocycles. The Balaban J connectivity index is 2.18. The van der Waals surface area contributed by atoms with E-state index in [4.69, 9.17) is 0 Å². The summed E-state index contributed by atoms with van der Waals surface area (Å²) in [4.78, 5) is 5.24. The summed E-state index contributed by atoms with van der Waals surface area (Å²) in [6.07, 6.45) is 0. The lowest BCUT2D eigenvalue weighted by atomic mass is 10.1. The van der Waals surface area contributed by atoms with Crippen molar-refractivity contribution in [2.45, 2.75) is 47.1 Å². The molecule has 114 valence electrons. The molecule has 3 nitrogen and oxygen atoms in total. The van der Waals surface area contributed by atoms with Gasteiger partial charge >= 0.3 is 0 Å². The minimum atomic E-state index is 0.240. The van der Waals surface area contributed by atoms with Crippen LogP contribution in [0.25, 0.3) is 0 Å². The van der Waals surface area contributed by atoms with Crippen molar-refractivity contribution < 1.29 is 0 Å². The Labute approximate surface area is 120 Å². The van der Waals surface area contributed by atoms with Crippen LogP contribution >= 0.6 is 0 Å². The highest BCUT2D eigenvalue weighted by molar-refractivity contribution is 4.77. The highest BCUT2D eigenvalue weighted by Gasteiger charge is 2.19. The topological polar surface area (TPSA) is 18.5 Å². The van der Waals surface area contributed by atoms with Gasteiger partial charge in [-0.05, 0) is 39.2 Å². The van der Waals surface area contributed by atoms with Gasteiger partial charge in [-0.1, -0.05) is 20.8 Å². The largest absolute Gasteiger partial charge is 0.312 e. The molecule has 0 radical (unpaired) electrons. The Morgan fingerprint density at radius 1 is 0.895 bits per heavy atom. The van der Waals surface area contributed by atoms with Crippen molar-refractivity contribution in [3.63, 3.8) is 0 Å². The van der Waals surface area contributed by atoms with Gasteiger partial charge in [0, 0.05) is 44.8 Å². The molecular weight excluding hydrogens is 234 g/mol. The predicted molar refractivity (Wildman–Crippen MR) is 84.6 cm³/mol. The van der Waals surface area contributed by atoms with Crippen LogP contribution in [0.4, 0.5) is 0 Å².